The van der Waals surface area contributed by atoms with Crippen LogP contribution < -0.4 is 0 Å². The van der Waals surface area contributed by atoms with Gasteiger partial charge in [0.05, 0.1) is 6.61 Å². The minimum absolute atomic E-state index is 0.102. The number of thiophene rings is 1. The van der Waals surface area contributed by atoms with E-state index in [1.165, 1.54) is 4.88 Å². The van der Waals surface area contributed by atoms with E-state index in [-0.39, 0.29) is 6.61 Å². The van der Waals surface area contributed by atoms with Crippen LogP contribution in [0.4, 0.5) is 0 Å². The molecule has 0 unspecified atom stereocenters. The maximum Gasteiger partial charge on any atom is 0.0642 e. The molecule has 2 aromatic rings. The zero-order valence-electron chi connectivity index (χ0n) is 9.48. The molecule has 1 aromatic carbocycles. The number of hydrogen-bond donors (Lipinski definition) is 1. The second-order valence-corrected chi connectivity index (χ2v) is 5.41. The maximum absolute atomic E-state index is 8.98. The van der Waals surface area contributed by atoms with E-state index in [4.69, 9.17) is 16.7 Å². The normalized spacial score (nSPS) is 11.8. The van der Waals surface area contributed by atoms with E-state index in [2.05, 4.69) is 12.1 Å². The maximum atomic E-state index is 8.98. The van der Waals surface area contributed by atoms with Gasteiger partial charge in [-0.15, -0.1) is 11.3 Å². The van der Waals surface area contributed by atoms with Crippen LogP contribution in [0.15, 0.2) is 42.0 Å². The molecule has 1 N–H and O–H groups in total. The van der Waals surface area contributed by atoms with Crippen LogP contribution in [-0.4, -0.2) is 11.7 Å². The molecule has 0 aliphatic heterocycles. The highest BCUT2D eigenvalue weighted by Crippen LogP contribution is 2.30. The first kappa shape index (κ1) is 12.4. The summed E-state index contributed by atoms with van der Waals surface area (Å²) in [4.78, 5) is 2.33. The third-order valence-corrected chi connectivity index (χ3v) is 3.69. The molecule has 0 amide bonds. The summed E-state index contributed by atoms with van der Waals surface area (Å²) < 4.78 is 0. The van der Waals surface area contributed by atoms with Crippen molar-refractivity contribution in [2.45, 2.75) is 6.92 Å². The highest BCUT2D eigenvalue weighted by Gasteiger charge is 2.02. The molecule has 17 heavy (non-hydrogen) atoms. The van der Waals surface area contributed by atoms with Gasteiger partial charge in [-0.3, -0.25) is 0 Å². The molecule has 0 aliphatic rings. The molecule has 0 fully saturated rings. The number of rotatable bonds is 3. The molecule has 0 atom stereocenters. The number of aliphatic hydroxyl groups is 1. The van der Waals surface area contributed by atoms with Crippen molar-refractivity contribution in [2.75, 3.05) is 6.61 Å². The largest absolute Gasteiger partial charge is 0.392 e. The Morgan fingerprint density at radius 2 is 2.18 bits per heavy atom. The first-order valence-electron chi connectivity index (χ1n) is 5.33. The predicted molar refractivity (Wildman–Crippen MR) is 75.5 cm³/mol. The Hall–Kier alpha value is -1.09. The Morgan fingerprint density at radius 1 is 1.35 bits per heavy atom. The standard InChI is InChI=1S/C14H13ClOS/c1-10(9-16)7-13-5-6-14(17-13)11-3-2-4-12(15)8-11/h2-8,16H,9H2,1H3. The van der Waals surface area contributed by atoms with Gasteiger partial charge >= 0.3 is 0 Å². The van der Waals surface area contributed by atoms with E-state index in [0.717, 1.165) is 21.0 Å². The fourth-order valence-corrected chi connectivity index (χ4v) is 2.74. The van der Waals surface area contributed by atoms with Gasteiger partial charge in [-0.2, -0.15) is 0 Å². The first-order valence-corrected chi connectivity index (χ1v) is 6.52. The summed E-state index contributed by atoms with van der Waals surface area (Å²) in [7, 11) is 0. The minimum Gasteiger partial charge on any atom is -0.392 e. The summed E-state index contributed by atoms with van der Waals surface area (Å²) in [6.45, 7) is 2.02. The molecule has 3 heteroatoms. The summed E-state index contributed by atoms with van der Waals surface area (Å²) in [5.41, 5.74) is 2.09. The molecule has 0 saturated carbocycles. The first-order chi connectivity index (χ1) is 8.19. The molecule has 2 rings (SSSR count). The summed E-state index contributed by atoms with van der Waals surface area (Å²) in [6, 6.07) is 12.0. The van der Waals surface area contributed by atoms with Crippen LogP contribution in [0.2, 0.25) is 5.02 Å². The van der Waals surface area contributed by atoms with E-state index >= 15 is 0 Å². The zero-order valence-corrected chi connectivity index (χ0v) is 11.1. The van der Waals surface area contributed by atoms with Crippen LogP contribution in [-0.2, 0) is 0 Å². The second kappa shape index (κ2) is 5.50. The van der Waals surface area contributed by atoms with Gasteiger partial charge in [-0.1, -0.05) is 23.7 Å². The molecule has 1 aromatic heterocycles. The topological polar surface area (TPSA) is 20.2 Å². The van der Waals surface area contributed by atoms with Gasteiger partial charge in [0.2, 0.25) is 0 Å². The van der Waals surface area contributed by atoms with Gasteiger partial charge in [-0.25, -0.2) is 0 Å². The minimum atomic E-state index is 0.102. The summed E-state index contributed by atoms with van der Waals surface area (Å²) >= 11 is 7.66. The molecule has 88 valence electrons. The highest BCUT2D eigenvalue weighted by molar-refractivity contribution is 7.16. The van der Waals surface area contributed by atoms with Crippen molar-refractivity contribution in [1.82, 2.24) is 0 Å². The lowest BCUT2D eigenvalue weighted by Gasteiger charge is -1.97. The SMILES string of the molecule is CC(=Cc1ccc(-c2cccc(Cl)c2)s1)CO. The monoisotopic (exact) mass is 264 g/mol. The zero-order chi connectivity index (χ0) is 12.3. The van der Waals surface area contributed by atoms with Gasteiger partial charge in [0.25, 0.3) is 0 Å². The molecule has 0 saturated heterocycles. The van der Waals surface area contributed by atoms with Crippen molar-refractivity contribution >= 4 is 29.0 Å². The van der Waals surface area contributed by atoms with Crippen molar-refractivity contribution in [2.24, 2.45) is 0 Å². The van der Waals surface area contributed by atoms with Crippen molar-refractivity contribution in [1.29, 1.82) is 0 Å². The van der Waals surface area contributed by atoms with Gasteiger partial charge in [0, 0.05) is 14.8 Å². The number of hydrogen-bond acceptors (Lipinski definition) is 2. The fourth-order valence-electron chi connectivity index (χ4n) is 1.52. The van der Waals surface area contributed by atoms with E-state index in [9.17, 15) is 0 Å². The lowest BCUT2D eigenvalue weighted by Crippen LogP contribution is -1.81. The molecule has 1 nitrogen and oxygen atoms in total. The van der Waals surface area contributed by atoms with Gasteiger partial charge in [-0.05, 0) is 48.4 Å². The van der Waals surface area contributed by atoms with E-state index in [0.29, 0.717) is 0 Å². The van der Waals surface area contributed by atoms with E-state index in [1.807, 2.05) is 37.3 Å². The molecular formula is C14H13ClOS. The van der Waals surface area contributed by atoms with Crippen molar-refractivity contribution in [3.8, 4) is 10.4 Å². The fraction of sp³-hybridized carbons (Fsp3) is 0.143. The average molecular weight is 265 g/mol. The van der Waals surface area contributed by atoms with E-state index < -0.39 is 0 Å². The molecule has 0 radical (unpaired) electrons. The average Bonchev–Trinajstić information content (AvgIpc) is 2.77. The molecular weight excluding hydrogens is 252 g/mol. The lowest BCUT2D eigenvalue weighted by atomic mass is 10.2. The number of halogens is 1. The third kappa shape index (κ3) is 3.19. The Balaban J connectivity index is 2.30. The van der Waals surface area contributed by atoms with Crippen LogP contribution in [0.1, 0.15) is 11.8 Å². The van der Waals surface area contributed by atoms with Crippen LogP contribution >= 0.6 is 22.9 Å². The van der Waals surface area contributed by atoms with Crippen molar-refractivity contribution < 1.29 is 5.11 Å². The van der Waals surface area contributed by atoms with E-state index in [1.54, 1.807) is 11.3 Å². The number of benzene rings is 1. The molecule has 0 bridgehead atoms. The Kier molecular flexibility index (Phi) is 4.00. The second-order valence-electron chi connectivity index (χ2n) is 3.86. The molecule has 1 heterocycles. The summed E-state index contributed by atoms with van der Waals surface area (Å²) in [5, 5.41) is 9.72. The van der Waals surface area contributed by atoms with Gasteiger partial charge in [0.1, 0.15) is 0 Å². The van der Waals surface area contributed by atoms with Crippen molar-refractivity contribution in [3.05, 3.63) is 51.9 Å². The molecule has 0 aliphatic carbocycles. The van der Waals surface area contributed by atoms with Crippen LogP contribution in [0.5, 0.6) is 0 Å². The van der Waals surface area contributed by atoms with Gasteiger partial charge < -0.3 is 5.11 Å². The Bertz CT molecular complexity index is 543. The van der Waals surface area contributed by atoms with Crippen molar-refractivity contribution in [3.63, 3.8) is 0 Å². The molecule has 0 spiro atoms. The van der Waals surface area contributed by atoms with Crippen LogP contribution in [0.25, 0.3) is 16.5 Å². The smallest absolute Gasteiger partial charge is 0.0642 e. The Labute approximate surface area is 110 Å². The Morgan fingerprint density at radius 3 is 2.88 bits per heavy atom. The highest BCUT2D eigenvalue weighted by atomic mass is 35.5. The number of aliphatic hydroxyl groups excluding tert-OH is 1. The lowest BCUT2D eigenvalue weighted by molar-refractivity contribution is 0.332. The van der Waals surface area contributed by atoms with Crippen LogP contribution in [0, 0.1) is 0 Å². The van der Waals surface area contributed by atoms with Crippen LogP contribution in [0.3, 0.4) is 0 Å². The summed E-state index contributed by atoms with van der Waals surface area (Å²) in [5.74, 6) is 0. The summed E-state index contributed by atoms with van der Waals surface area (Å²) in [6.07, 6.45) is 2.00. The third-order valence-electron chi connectivity index (χ3n) is 2.37. The quantitative estimate of drug-likeness (QED) is 0.868. The predicted octanol–water partition coefficient (Wildman–Crippen LogP) is 4.46. The van der Waals surface area contributed by atoms with Gasteiger partial charge in [0.15, 0.2) is 0 Å².